The maximum absolute atomic E-state index is 5.93. The van der Waals surface area contributed by atoms with E-state index in [1.54, 1.807) is 12.1 Å². The summed E-state index contributed by atoms with van der Waals surface area (Å²) in [7, 11) is 0. The molecule has 2 rings (SSSR count). The van der Waals surface area contributed by atoms with Gasteiger partial charge in [-0.1, -0.05) is 29.3 Å². The van der Waals surface area contributed by atoms with E-state index in [-0.39, 0.29) is 0 Å². The van der Waals surface area contributed by atoms with Crippen molar-refractivity contribution in [1.82, 2.24) is 4.98 Å². The Hall–Kier alpha value is -1.25. The molecule has 0 atom stereocenters. The van der Waals surface area contributed by atoms with Crippen LogP contribution < -0.4 is 5.32 Å². The SMILES string of the molecule is Cc1cccc(CNc2ccc(Cl)c(Cl)c2)n1. The number of halogens is 2. The Morgan fingerprint density at radius 2 is 1.94 bits per heavy atom. The fourth-order valence-corrected chi connectivity index (χ4v) is 1.79. The van der Waals surface area contributed by atoms with E-state index in [4.69, 9.17) is 23.2 Å². The van der Waals surface area contributed by atoms with Crippen LogP contribution in [-0.4, -0.2) is 4.98 Å². The zero-order valence-corrected chi connectivity index (χ0v) is 10.9. The maximum Gasteiger partial charge on any atom is 0.0612 e. The van der Waals surface area contributed by atoms with Crippen LogP contribution in [0.15, 0.2) is 36.4 Å². The highest BCUT2D eigenvalue weighted by molar-refractivity contribution is 6.42. The van der Waals surface area contributed by atoms with Crippen LogP contribution in [0.2, 0.25) is 10.0 Å². The molecule has 4 heteroatoms. The van der Waals surface area contributed by atoms with Crippen LogP contribution in [-0.2, 0) is 6.54 Å². The number of anilines is 1. The van der Waals surface area contributed by atoms with Crippen LogP contribution in [0.1, 0.15) is 11.4 Å². The molecular formula is C13H12Cl2N2. The fraction of sp³-hybridized carbons (Fsp3) is 0.154. The molecule has 0 aliphatic heterocycles. The van der Waals surface area contributed by atoms with Gasteiger partial charge in [-0.2, -0.15) is 0 Å². The number of nitrogens with one attached hydrogen (secondary N) is 1. The molecule has 2 nitrogen and oxygen atoms in total. The van der Waals surface area contributed by atoms with E-state index in [1.807, 2.05) is 31.2 Å². The molecule has 0 amide bonds. The summed E-state index contributed by atoms with van der Waals surface area (Å²) in [5, 5.41) is 4.36. The Kier molecular flexibility index (Phi) is 3.87. The Balaban J connectivity index is 2.05. The van der Waals surface area contributed by atoms with Crippen molar-refractivity contribution in [2.75, 3.05) is 5.32 Å². The van der Waals surface area contributed by atoms with Gasteiger partial charge in [-0.25, -0.2) is 0 Å². The molecule has 0 aliphatic carbocycles. The van der Waals surface area contributed by atoms with E-state index in [0.717, 1.165) is 17.1 Å². The second kappa shape index (κ2) is 5.39. The quantitative estimate of drug-likeness (QED) is 0.896. The highest BCUT2D eigenvalue weighted by atomic mass is 35.5. The van der Waals surface area contributed by atoms with Gasteiger partial charge in [-0.05, 0) is 37.3 Å². The first-order valence-corrected chi connectivity index (χ1v) is 6.02. The Labute approximate surface area is 111 Å². The molecule has 0 unspecified atom stereocenters. The van der Waals surface area contributed by atoms with Crippen molar-refractivity contribution in [3.8, 4) is 0 Å². The average molecular weight is 267 g/mol. The number of hydrogen-bond acceptors (Lipinski definition) is 2. The number of nitrogens with zero attached hydrogens (tertiary/aromatic N) is 1. The molecule has 1 aromatic heterocycles. The second-order valence-electron chi connectivity index (χ2n) is 3.75. The molecule has 0 saturated heterocycles. The Bertz CT molecular complexity index is 527. The van der Waals surface area contributed by atoms with Crippen LogP contribution in [0.5, 0.6) is 0 Å². The third kappa shape index (κ3) is 3.35. The molecule has 0 radical (unpaired) electrons. The number of aromatic nitrogens is 1. The van der Waals surface area contributed by atoms with E-state index in [0.29, 0.717) is 16.6 Å². The van der Waals surface area contributed by atoms with Crippen molar-refractivity contribution < 1.29 is 0 Å². The third-order valence-electron chi connectivity index (χ3n) is 2.34. The molecule has 0 spiro atoms. The zero-order chi connectivity index (χ0) is 12.3. The third-order valence-corrected chi connectivity index (χ3v) is 3.08. The summed E-state index contributed by atoms with van der Waals surface area (Å²) in [4.78, 5) is 4.41. The number of rotatable bonds is 3. The standard InChI is InChI=1S/C13H12Cl2N2/c1-9-3-2-4-11(17-9)8-16-10-5-6-12(14)13(15)7-10/h2-7,16H,8H2,1H3. The summed E-state index contributed by atoms with van der Waals surface area (Å²) in [6, 6.07) is 11.4. The number of aryl methyl sites for hydroxylation is 1. The Morgan fingerprint density at radius 3 is 2.65 bits per heavy atom. The van der Waals surface area contributed by atoms with Crippen LogP contribution >= 0.6 is 23.2 Å². The van der Waals surface area contributed by atoms with Crippen molar-refractivity contribution in [1.29, 1.82) is 0 Å². The summed E-state index contributed by atoms with van der Waals surface area (Å²) in [6.45, 7) is 2.64. The fourth-order valence-electron chi connectivity index (χ4n) is 1.50. The average Bonchev–Trinajstić information content (AvgIpc) is 2.31. The van der Waals surface area contributed by atoms with Gasteiger partial charge in [0.1, 0.15) is 0 Å². The smallest absolute Gasteiger partial charge is 0.0612 e. The summed E-state index contributed by atoms with van der Waals surface area (Å²) in [5.41, 5.74) is 2.94. The molecule has 1 heterocycles. The lowest BCUT2D eigenvalue weighted by molar-refractivity contribution is 1.02. The zero-order valence-electron chi connectivity index (χ0n) is 9.37. The molecule has 1 N–H and O–H groups in total. The van der Waals surface area contributed by atoms with Gasteiger partial charge in [-0.15, -0.1) is 0 Å². The first-order chi connectivity index (χ1) is 8.15. The van der Waals surface area contributed by atoms with E-state index in [1.165, 1.54) is 0 Å². The van der Waals surface area contributed by atoms with Gasteiger partial charge in [0.25, 0.3) is 0 Å². The monoisotopic (exact) mass is 266 g/mol. The largest absolute Gasteiger partial charge is 0.379 e. The summed E-state index contributed by atoms with van der Waals surface area (Å²) in [5.74, 6) is 0. The molecule has 17 heavy (non-hydrogen) atoms. The predicted molar refractivity (Wildman–Crippen MR) is 72.8 cm³/mol. The van der Waals surface area contributed by atoms with E-state index in [2.05, 4.69) is 10.3 Å². The molecule has 0 fully saturated rings. The normalized spacial score (nSPS) is 10.3. The Morgan fingerprint density at radius 1 is 1.12 bits per heavy atom. The molecule has 0 saturated carbocycles. The van der Waals surface area contributed by atoms with Gasteiger partial charge in [-0.3, -0.25) is 4.98 Å². The van der Waals surface area contributed by atoms with Crippen molar-refractivity contribution in [3.63, 3.8) is 0 Å². The minimum Gasteiger partial charge on any atom is -0.379 e. The van der Waals surface area contributed by atoms with Crippen LogP contribution in [0.25, 0.3) is 0 Å². The maximum atomic E-state index is 5.93. The van der Waals surface area contributed by atoms with Gasteiger partial charge in [0.05, 0.1) is 22.3 Å². The summed E-state index contributed by atoms with van der Waals surface area (Å²) >= 11 is 11.8. The number of hydrogen-bond donors (Lipinski definition) is 1. The molecule has 88 valence electrons. The summed E-state index contributed by atoms with van der Waals surface area (Å²) < 4.78 is 0. The topological polar surface area (TPSA) is 24.9 Å². The minimum absolute atomic E-state index is 0.550. The second-order valence-corrected chi connectivity index (χ2v) is 4.57. The minimum atomic E-state index is 0.550. The van der Waals surface area contributed by atoms with Crippen molar-refractivity contribution >= 4 is 28.9 Å². The predicted octanol–water partition coefficient (Wildman–Crippen LogP) is 4.31. The van der Waals surface area contributed by atoms with Gasteiger partial charge < -0.3 is 5.32 Å². The highest BCUT2D eigenvalue weighted by Gasteiger charge is 2.00. The number of benzene rings is 1. The highest BCUT2D eigenvalue weighted by Crippen LogP contribution is 2.25. The van der Waals surface area contributed by atoms with E-state index in [9.17, 15) is 0 Å². The lowest BCUT2D eigenvalue weighted by Gasteiger charge is -2.07. The lowest BCUT2D eigenvalue weighted by Crippen LogP contribution is -2.02. The summed E-state index contributed by atoms with van der Waals surface area (Å²) in [6.07, 6.45) is 0. The first kappa shape index (κ1) is 12.2. The molecule has 1 aromatic carbocycles. The molecule has 2 aromatic rings. The van der Waals surface area contributed by atoms with Crippen LogP contribution in [0, 0.1) is 6.92 Å². The van der Waals surface area contributed by atoms with Gasteiger partial charge in [0.15, 0.2) is 0 Å². The number of pyridine rings is 1. The van der Waals surface area contributed by atoms with Crippen LogP contribution in [0.3, 0.4) is 0 Å². The molecule has 0 aliphatic rings. The first-order valence-electron chi connectivity index (χ1n) is 5.26. The van der Waals surface area contributed by atoms with Gasteiger partial charge in [0, 0.05) is 11.4 Å². The van der Waals surface area contributed by atoms with Crippen molar-refractivity contribution in [2.45, 2.75) is 13.5 Å². The van der Waals surface area contributed by atoms with Gasteiger partial charge >= 0.3 is 0 Å². The van der Waals surface area contributed by atoms with Gasteiger partial charge in [0.2, 0.25) is 0 Å². The lowest BCUT2D eigenvalue weighted by atomic mass is 10.3. The van der Waals surface area contributed by atoms with E-state index >= 15 is 0 Å². The van der Waals surface area contributed by atoms with Crippen molar-refractivity contribution in [3.05, 3.63) is 57.8 Å². The molecule has 0 bridgehead atoms. The van der Waals surface area contributed by atoms with E-state index < -0.39 is 0 Å². The molecular weight excluding hydrogens is 255 g/mol. The van der Waals surface area contributed by atoms with Crippen molar-refractivity contribution in [2.24, 2.45) is 0 Å². The van der Waals surface area contributed by atoms with Crippen LogP contribution in [0.4, 0.5) is 5.69 Å².